The number of nitrogens with one attached hydrogen (secondary N) is 1. The average Bonchev–Trinajstić information content (AvgIpc) is 3.03. The van der Waals surface area contributed by atoms with Gasteiger partial charge in [0, 0.05) is 36.2 Å². The first-order valence-corrected chi connectivity index (χ1v) is 15.0. The van der Waals surface area contributed by atoms with Gasteiger partial charge in [0.25, 0.3) is 0 Å². The van der Waals surface area contributed by atoms with Crippen LogP contribution in [-0.2, 0) is 19.1 Å². The molecule has 2 atom stereocenters. The number of dihydropyridines is 1. The standard InChI is InChI=1S/C36H37NO8/c1-5-42-32-21-25(13-16-31(32)45-23(3)38)34-33(36(40)44-18-17-43-28-9-7-6-8-10-28)22(2)37-29-19-26(20-30(39)35(29)34)24-11-14-27(41-4)15-12-24/h6-16,21,26,34,37H,5,17-20H2,1-4H3/t26-,34-/m0/s1. The number of hydrogen-bond donors (Lipinski definition) is 1. The highest BCUT2D eigenvalue weighted by atomic mass is 16.6. The third kappa shape index (κ3) is 7.20. The minimum Gasteiger partial charge on any atom is -0.497 e. The van der Waals surface area contributed by atoms with Crippen LogP contribution < -0.4 is 24.3 Å². The molecule has 0 unspecified atom stereocenters. The van der Waals surface area contributed by atoms with Gasteiger partial charge in [-0.3, -0.25) is 9.59 Å². The Morgan fingerprint density at radius 2 is 1.60 bits per heavy atom. The summed E-state index contributed by atoms with van der Waals surface area (Å²) in [7, 11) is 1.62. The van der Waals surface area contributed by atoms with E-state index < -0.39 is 17.9 Å². The maximum Gasteiger partial charge on any atom is 0.336 e. The Morgan fingerprint density at radius 1 is 0.867 bits per heavy atom. The fourth-order valence-electron chi connectivity index (χ4n) is 5.85. The van der Waals surface area contributed by atoms with Gasteiger partial charge in [0.05, 0.1) is 19.3 Å². The lowest BCUT2D eigenvalue weighted by Crippen LogP contribution is -2.36. The number of esters is 2. The number of methoxy groups -OCH3 is 1. The van der Waals surface area contributed by atoms with Gasteiger partial charge in [-0.25, -0.2) is 4.79 Å². The normalized spacial score (nSPS) is 17.6. The molecule has 3 aromatic carbocycles. The maximum atomic E-state index is 14.0. The Morgan fingerprint density at radius 3 is 2.29 bits per heavy atom. The first-order chi connectivity index (χ1) is 21.8. The number of Topliss-reactive ketones (excluding diaryl/α,β-unsaturated/α-hetero) is 1. The van der Waals surface area contributed by atoms with E-state index in [-0.39, 0.29) is 37.1 Å². The molecule has 1 N–H and O–H groups in total. The molecule has 0 spiro atoms. The molecule has 1 heterocycles. The summed E-state index contributed by atoms with van der Waals surface area (Å²) in [5.74, 6) is 0.139. The topological polar surface area (TPSA) is 109 Å². The van der Waals surface area contributed by atoms with Crippen LogP contribution in [0.4, 0.5) is 0 Å². The lowest BCUT2D eigenvalue weighted by atomic mass is 9.71. The van der Waals surface area contributed by atoms with Gasteiger partial charge in [-0.2, -0.15) is 0 Å². The summed E-state index contributed by atoms with van der Waals surface area (Å²) in [6.07, 6.45) is 0.859. The number of para-hydroxylation sites is 1. The predicted molar refractivity (Wildman–Crippen MR) is 167 cm³/mol. The minimum atomic E-state index is -0.723. The van der Waals surface area contributed by atoms with Crippen LogP contribution in [0.1, 0.15) is 56.6 Å². The van der Waals surface area contributed by atoms with E-state index in [1.165, 1.54) is 6.92 Å². The van der Waals surface area contributed by atoms with Crippen molar-refractivity contribution in [3.05, 3.63) is 106 Å². The number of ketones is 1. The third-order valence-electron chi connectivity index (χ3n) is 7.82. The summed E-state index contributed by atoms with van der Waals surface area (Å²) in [5.41, 5.74) is 3.88. The Labute approximate surface area is 262 Å². The Bertz CT molecular complexity index is 1620. The van der Waals surface area contributed by atoms with Crippen molar-refractivity contribution in [2.45, 2.75) is 45.4 Å². The predicted octanol–water partition coefficient (Wildman–Crippen LogP) is 6.00. The number of carbonyl (C=O) groups is 3. The Balaban J connectivity index is 1.48. The van der Waals surface area contributed by atoms with E-state index in [9.17, 15) is 14.4 Å². The van der Waals surface area contributed by atoms with Gasteiger partial charge in [-0.05, 0) is 73.7 Å². The van der Waals surface area contributed by atoms with Gasteiger partial charge in [0.1, 0.15) is 24.7 Å². The largest absolute Gasteiger partial charge is 0.497 e. The third-order valence-corrected chi connectivity index (χ3v) is 7.82. The molecular formula is C36H37NO8. The zero-order chi connectivity index (χ0) is 31.9. The molecule has 1 aliphatic carbocycles. The fraction of sp³-hybridized carbons (Fsp3) is 0.306. The number of hydrogen-bond acceptors (Lipinski definition) is 9. The summed E-state index contributed by atoms with van der Waals surface area (Å²) in [6.45, 7) is 5.46. The molecule has 234 valence electrons. The van der Waals surface area contributed by atoms with E-state index in [4.69, 9.17) is 23.7 Å². The molecule has 0 saturated carbocycles. The number of carbonyl (C=O) groups excluding carboxylic acids is 3. The lowest BCUT2D eigenvalue weighted by molar-refractivity contribution is -0.140. The number of benzene rings is 3. The summed E-state index contributed by atoms with van der Waals surface area (Å²) >= 11 is 0. The second kappa shape index (κ2) is 14.2. The van der Waals surface area contributed by atoms with Gasteiger partial charge in [0.2, 0.25) is 0 Å². The smallest absolute Gasteiger partial charge is 0.336 e. The summed E-state index contributed by atoms with van der Waals surface area (Å²) in [5, 5.41) is 3.38. The molecule has 2 aliphatic rings. The van der Waals surface area contributed by atoms with Gasteiger partial charge in [-0.1, -0.05) is 36.4 Å². The highest BCUT2D eigenvalue weighted by Crippen LogP contribution is 2.47. The van der Waals surface area contributed by atoms with Crippen LogP contribution in [0.2, 0.25) is 0 Å². The van der Waals surface area contributed by atoms with Crippen LogP contribution in [-0.4, -0.2) is 44.7 Å². The van der Waals surface area contributed by atoms with E-state index in [0.717, 1.165) is 17.0 Å². The second-order valence-corrected chi connectivity index (χ2v) is 10.8. The van der Waals surface area contributed by atoms with Crippen molar-refractivity contribution >= 4 is 17.7 Å². The molecule has 0 aromatic heterocycles. The van der Waals surface area contributed by atoms with E-state index >= 15 is 0 Å². The Hall–Kier alpha value is -5.05. The molecule has 3 aromatic rings. The zero-order valence-electron chi connectivity index (χ0n) is 25.9. The summed E-state index contributed by atoms with van der Waals surface area (Å²) in [4.78, 5) is 39.5. The van der Waals surface area contributed by atoms with Crippen LogP contribution in [0.25, 0.3) is 0 Å². The molecule has 0 radical (unpaired) electrons. The number of allylic oxidation sites excluding steroid dienone is 3. The van der Waals surface area contributed by atoms with E-state index in [0.29, 0.717) is 46.9 Å². The highest BCUT2D eigenvalue weighted by molar-refractivity contribution is 6.04. The summed E-state index contributed by atoms with van der Waals surface area (Å²) < 4.78 is 27.9. The fourth-order valence-corrected chi connectivity index (χ4v) is 5.85. The van der Waals surface area contributed by atoms with Crippen molar-refractivity contribution in [1.82, 2.24) is 5.32 Å². The molecule has 9 heteroatoms. The molecule has 9 nitrogen and oxygen atoms in total. The molecule has 1 aliphatic heterocycles. The molecule has 0 saturated heterocycles. The van der Waals surface area contributed by atoms with E-state index in [1.807, 2.05) is 68.4 Å². The van der Waals surface area contributed by atoms with Crippen LogP contribution in [0.15, 0.2) is 95.3 Å². The molecule has 0 amide bonds. The minimum absolute atomic E-state index is 0.0200. The monoisotopic (exact) mass is 611 g/mol. The molecule has 0 fully saturated rings. The van der Waals surface area contributed by atoms with Crippen LogP contribution in [0.5, 0.6) is 23.0 Å². The summed E-state index contributed by atoms with van der Waals surface area (Å²) in [6, 6.07) is 22.1. The first kappa shape index (κ1) is 31.4. The SMILES string of the molecule is CCOc1cc([C@H]2C(C(=O)OCCOc3ccccc3)=C(C)NC3=C2C(=O)C[C@@H](c2ccc(OC)cc2)C3)ccc1OC(C)=O. The van der Waals surface area contributed by atoms with Crippen molar-refractivity contribution in [2.75, 3.05) is 26.9 Å². The molecule has 5 rings (SSSR count). The Kier molecular flexibility index (Phi) is 9.87. The second-order valence-electron chi connectivity index (χ2n) is 10.8. The van der Waals surface area contributed by atoms with Crippen LogP contribution >= 0.6 is 0 Å². The number of ether oxygens (including phenoxy) is 5. The quantitative estimate of drug-likeness (QED) is 0.159. The van der Waals surface area contributed by atoms with E-state index in [1.54, 1.807) is 25.3 Å². The number of rotatable bonds is 11. The average molecular weight is 612 g/mol. The lowest BCUT2D eigenvalue weighted by Gasteiger charge is -2.37. The maximum absolute atomic E-state index is 14.0. The van der Waals surface area contributed by atoms with Crippen molar-refractivity contribution < 1.29 is 38.1 Å². The van der Waals surface area contributed by atoms with Crippen LogP contribution in [0, 0.1) is 0 Å². The van der Waals surface area contributed by atoms with Crippen molar-refractivity contribution in [1.29, 1.82) is 0 Å². The first-order valence-electron chi connectivity index (χ1n) is 15.0. The molecular weight excluding hydrogens is 574 g/mol. The van der Waals surface area contributed by atoms with Crippen molar-refractivity contribution in [2.24, 2.45) is 0 Å². The van der Waals surface area contributed by atoms with Gasteiger partial charge in [0.15, 0.2) is 17.3 Å². The zero-order valence-corrected chi connectivity index (χ0v) is 25.9. The molecule has 0 bridgehead atoms. The van der Waals surface area contributed by atoms with Gasteiger partial charge >= 0.3 is 11.9 Å². The van der Waals surface area contributed by atoms with Gasteiger partial charge < -0.3 is 29.0 Å². The van der Waals surface area contributed by atoms with Gasteiger partial charge in [-0.15, -0.1) is 0 Å². The van der Waals surface area contributed by atoms with Crippen molar-refractivity contribution in [3.63, 3.8) is 0 Å². The van der Waals surface area contributed by atoms with Crippen LogP contribution in [0.3, 0.4) is 0 Å². The highest BCUT2D eigenvalue weighted by Gasteiger charge is 2.41. The molecule has 45 heavy (non-hydrogen) atoms. The van der Waals surface area contributed by atoms with Crippen molar-refractivity contribution in [3.8, 4) is 23.0 Å². The van der Waals surface area contributed by atoms with E-state index in [2.05, 4.69) is 5.32 Å².